The Kier molecular flexibility index (Phi) is 4.26. The number of carbonyl (C=O) groups is 1. The molecule has 1 amide bonds. The largest absolute Gasteiger partial charge is 0.329 e. The van der Waals surface area contributed by atoms with Gasteiger partial charge in [-0.25, -0.2) is 4.98 Å². The number of aryl methyl sites for hydroxylation is 1. The molecule has 2 saturated heterocycles. The van der Waals surface area contributed by atoms with E-state index in [1.165, 1.54) is 18.4 Å². The molecule has 2 aliphatic heterocycles. The van der Waals surface area contributed by atoms with Crippen LogP contribution in [0.1, 0.15) is 54.2 Å². The van der Waals surface area contributed by atoms with Gasteiger partial charge < -0.3 is 14.6 Å². The Morgan fingerprint density at radius 3 is 2.84 bits per heavy atom. The van der Waals surface area contributed by atoms with Crippen molar-refractivity contribution in [1.82, 2.24) is 19.6 Å². The number of imidazole rings is 1. The minimum atomic E-state index is 0.101. The molecule has 0 radical (unpaired) electrons. The Balaban J connectivity index is 1.39. The summed E-state index contributed by atoms with van der Waals surface area (Å²) in [6, 6.07) is 16.0. The van der Waals surface area contributed by atoms with Crippen LogP contribution in [0.4, 0.5) is 0 Å². The van der Waals surface area contributed by atoms with Gasteiger partial charge >= 0.3 is 0 Å². The number of hydrogen-bond acceptors (Lipinski definition) is 3. The molecule has 0 unspecified atom stereocenters. The Hall–Kier alpha value is -2.66. The highest BCUT2D eigenvalue weighted by molar-refractivity contribution is 5.94. The van der Waals surface area contributed by atoms with Crippen LogP contribution in [0, 0.1) is 12.3 Å². The molecule has 31 heavy (non-hydrogen) atoms. The first-order valence-electron chi connectivity index (χ1n) is 11.6. The number of benzene rings is 1. The van der Waals surface area contributed by atoms with Gasteiger partial charge in [-0.2, -0.15) is 0 Å². The maximum absolute atomic E-state index is 13.9. The molecule has 160 valence electrons. The number of piperidine rings is 1. The number of likely N-dealkylation sites (tertiary alicyclic amines) is 1. The summed E-state index contributed by atoms with van der Waals surface area (Å²) in [7, 11) is 0. The fourth-order valence-corrected chi connectivity index (χ4v) is 6.65. The van der Waals surface area contributed by atoms with Crippen molar-refractivity contribution >= 4 is 11.6 Å². The molecule has 2 aromatic heterocycles. The Morgan fingerprint density at radius 2 is 2.03 bits per heavy atom. The van der Waals surface area contributed by atoms with Gasteiger partial charge in [-0.05, 0) is 56.2 Å². The number of nitrogens with one attached hydrogen (secondary N) is 1. The quantitative estimate of drug-likeness (QED) is 0.705. The summed E-state index contributed by atoms with van der Waals surface area (Å²) in [6.07, 6.45) is 9.42. The van der Waals surface area contributed by atoms with Crippen LogP contribution in [-0.2, 0) is 6.42 Å². The Bertz CT molecular complexity index is 1140. The van der Waals surface area contributed by atoms with Crippen molar-refractivity contribution in [2.45, 2.75) is 70.1 Å². The van der Waals surface area contributed by atoms with Crippen molar-refractivity contribution in [2.24, 2.45) is 5.41 Å². The monoisotopic (exact) mass is 414 g/mol. The highest BCUT2D eigenvalue weighted by Gasteiger charge is 2.61. The second kappa shape index (κ2) is 6.92. The second-order valence-corrected chi connectivity index (χ2v) is 10.0. The highest BCUT2D eigenvalue weighted by atomic mass is 16.2. The van der Waals surface area contributed by atoms with E-state index in [-0.39, 0.29) is 23.4 Å². The maximum Gasteiger partial charge on any atom is 0.274 e. The number of fused-ring (bicyclic) bond motifs is 2. The van der Waals surface area contributed by atoms with E-state index in [9.17, 15) is 4.79 Å². The first-order chi connectivity index (χ1) is 15.0. The summed E-state index contributed by atoms with van der Waals surface area (Å²) >= 11 is 0. The third-order valence-electron chi connectivity index (χ3n) is 8.18. The molecular weight excluding hydrogens is 384 g/mol. The number of nitrogens with zero attached hydrogens (tertiary/aromatic N) is 3. The van der Waals surface area contributed by atoms with Gasteiger partial charge in [-0.3, -0.25) is 4.79 Å². The maximum atomic E-state index is 13.9. The SMILES string of the molecule is Cc1cccn2cc(C(=O)N3[C@H]4CCC[C@H]5N[C@H](Cc6ccccc6)[C@@H]3C[C@@]45C)nc12. The zero-order valence-electron chi connectivity index (χ0n) is 18.3. The van der Waals surface area contributed by atoms with Crippen LogP contribution < -0.4 is 5.32 Å². The van der Waals surface area contributed by atoms with Gasteiger partial charge in [0.1, 0.15) is 11.3 Å². The summed E-state index contributed by atoms with van der Waals surface area (Å²) in [4.78, 5) is 20.9. The molecule has 1 N–H and O–H groups in total. The molecule has 1 saturated carbocycles. The molecule has 5 heteroatoms. The van der Waals surface area contributed by atoms with E-state index in [1.807, 2.05) is 35.9 Å². The predicted molar refractivity (Wildman–Crippen MR) is 121 cm³/mol. The Morgan fingerprint density at radius 1 is 1.19 bits per heavy atom. The fourth-order valence-electron chi connectivity index (χ4n) is 6.65. The van der Waals surface area contributed by atoms with Crippen LogP contribution in [0.2, 0.25) is 0 Å². The molecule has 3 aliphatic rings. The van der Waals surface area contributed by atoms with Crippen LogP contribution in [-0.4, -0.2) is 44.4 Å². The van der Waals surface area contributed by atoms with Gasteiger partial charge in [0.2, 0.25) is 0 Å². The summed E-state index contributed by atoms with van der Waals surface area (Å²) in [5, 5.41) is 3.99. The number of aromatic nitrogens is 2. The molecule has 0 spiro atoms. The zero-order valence-corrected chi connectivity index (χ0v) is 18.3. The van der Waals surface area contributed by atoms with Gasteiger partial charge in [-0.1, -0.05) is 43.3 Å². The van der Waals surface area contributed by atoms with E-state index in [4.69, 9.17) is 4.98 Å². The van der Waals surface area contributed by atoms with Gasteiger partial charge in [0, 0.05) is 42.0 Å². The average Bonchev–Trinajstić information content (AvgIpc) is 3.34. The van der Waals surface area contributed by atoms with Crippen molar-refractivity contribution in [3.05, 3.63) is 71.7 Å². The average molecular weight is 415 g/mol. The van der Waals surface area contributed by atoms with E-state index in [0.717, 1.165) is 30.5 Å². The summed E-state index contributed by atoms with van der Waals surface area (Å²) in [5.74, 6) is 0.101. The lowest BCUT2D eigenvalue weighted by molar-refractivity contribution is 0.0554. The van der Waals surface area contributed by atoms with Crippen LogP contribution in [0.15, 0.2) is 54.9 Å². The normalized spacial score (nSPS) is 31.9. The van der Waals surface area contributed by atoms with Crippen LogP contribution >= 0.6 is 0 Å². The second-order valence-electron chi connectivity index (χ2n) is 10.0. The van der Waals surface area contributed by atoms with Gasteiger partial charge in [0.05, 0.1) is 0 Å². The predicted octanol–water partition coefficient (Wildman–Crippen LogP) is 4.00. The molecule has 5 atom stereocenters. The lowest BCUT2D eigenvalue weighted by atomic mass is 9.65. The summed E-state index contributed by atoms with van der Waals surface area (Å²) in [5.41, 5.74) is 4.03. The number of amides is 1. The van der Waals surface area contributed by atoms with Crippen molar-refractivity contribution in [1.29, 1.82) is 0 Å². The number of hydrogen-bond donors (Lipinski definition) is 1. The van der Waals surface area contributed by atoms with Crippen molar-refractivity contribution in [3.63, 3.8) is 0 Å². The van der Waals surface area contributed by atoms with E-state index in [1.54, 1.807) is 0 Å². The molecule has 2 bridgehead atoms. The molecular formula is C26H30N4O. The number of rotatable bonds is 3. The minimum absolute atomic E-state index is 0.101. The third-order valence-corrected chi connectivity index (χ3v) is 8.18. The van der Waals surface area contributed by atoms with Crippen LogP contribution in [0.25, 0.3) is 5.65 Å². The van der Waals surface area contributed by atoms with E-state index < -0.39 is 0 Å². The smallest absolute Gasteiger partial charge is 0.274 e. The highest BCUT2D eigenvalue weighted by Crippen LogP contribution is 2.53. The van der Waals surface area contributed by atoms with Gasteiger partial charge in [0.25, 0.3) is 5.91 Å². The van der Waals surface area contributed by atoms with Crippen LogP contribution in [0.5, 0.6) is 0 Å². The number of pyridine rings is 1. The Labute approximate surface area is 183 Å². The summed E-state index contributed by atoms with van der Waals surface area (Å²) in [6.45, 7) is 4.45. The van der Waals surface area contributed by atoms with Gasteiger partial charge in [-0.15, -0.1) is 0 Å². The number of carbonyl (C=O) groups excluding carboxylic acids is 1. The van der Waals surface area contributed by atoms with Gasteiger partial charge in [0.15, 0.2) is 0 Å². The molecule has 1 aliphatic carbocycles. The molecule has 4 heterocycles. The van der Waals surface area contributed by atoms with Crippen molar-refractivity contribution in [2.75, 3.05) is 0 Å². The van der Waals surface area contributed by atoms with Crippen LogP contribution in [0.3, 0.4) is 0 Å². The molecule has 6 rings (SSSR count). The fraction of sp³-hybridized carbons (Fsp3) is 0.462. The topological polar surface area (TPSA) is 49.6 Å². The third kappa shape index (κ3) is 2.86. The van der Waals surface area contributed by atoms with E-state index in [2.05, 4.69) is 47.5 Å². The molecule has 3 fully saturated rings. The standard InChI is InChI=1S/C26H30N4O/c1-17-8-7-13-29-16-20(28-24(17)29)25(31)30-21-15-26(2)22(11-6-12-23(26)30)27-19(21)14-18-9-4-3-5-10-18/h3-5,7-10,13,16,19,21-23,27H,6,11-12,14-15H2,1-2H3/t19-,21+,22-,23+,26-/m1/s1. The van der Waals surface area contributed by atoms with E-state index >= 15 is 0 Å². The molecule has 1 aromatic carbocycles. The molecule has 5 nitrogen and oxygen atoms in total. The lowest BCUT2D eigenvalue weighted by Crippen LogP contribution is -2.58. The van der Waals surface area contributed by atoms with Crippen molar-refractivity contribution in [3.8, 4) is 0 Å². The summed E-state index contributed by atoms with van der Waals surface area (Å²) < 4.78 is 1.98. The minimum Gasteiger partial charge on any atom is -0.329 e. The van der Waals surface area contributed by atoms with E-state index in [0.29, 0.717) is 17.8 Å². The lowest BCUT2D eigenvalue weighted by Gasteiger charge is -2.46. The zero-order chi connectivity index (χ0) is 21.2. The van der Waals surface area contributed by atoms with Crippen molar-refractivity contribution < 1.29 is 4.79 Å². The molecule has 3 aromatic rings. The first-order valence-corrected chi connectivity index (χ1v) is 11.6. The first kappa shape index (κ1) is 19.1.